The topological polar surface area (TPSA) is 134 Å². The Labute approximate surface area is 134 Å². The lowest BCUT2D eigenvalue weighted by atomic mass is 10.1. The molecule has 0 spiro atoms. The van der Waals surface area contributed by atoms with E-state index in [1.165, 1.54) is 18.2 Å². The number of alkyl carbamates (subject to hydrolysis) is 1. The third kappa shape index (κ3) is 6.88. The van der Waals surface area contributed by atoms with Crippen LogP contribution in [-0.2, 0) is 4.74 Å². The highest BCUT2D eigenvalue weighted by atomic mass is 16.6. The van der Waals surface area contributed by atoms with Gasteiger partial charge in [0, 0.05) is 31.8 Å². The fourth-order valence-corrected chi connectivity index (χ4v) is 1.78. The van der Waals surface area contributed by atoms with Crippen LogP contribution in [0.15, 0.2) is 18.2 Å². The van der Waals surface area contributed by atoms with E-state index < -0.39 is 12.0 Å². The highest BCUT2D eigenvalue weighted by molar-refractivity contribution is 5.97. The Kier molecular flexibility index (Phi) is 7.69. The summed E-state index contributed by atoms with van der Waals surface area (Å²) >= 11 is 0. The summed E-state index contributed by atoms with van der Waals surface area (Å²) < 4.78 is 4.97. The molecule has 0 bridgehead atoms. The quantitative estimate of drug-likeness (QED) is 0.270. The van der Waals surface area contributed by atoms with Crippen molar-refractivity contribution in [2.75, 3.05) is 25.4 Å². The lowest BCUT2D eigenvalue weighted by Crippen LogP contribution is -2.32. The number of ether oxygens (including phenoxy) is 1. The molecular weight excluding hydrogens is 302 g/mol. The first-order valence-corrected chi connectivity index (χ1v) is 7.36. The third-order valence-corrected chi connectivity index (χ3v) is 3.02. The van der Waals surface area contributed by atoms with Gasteiger partial charge >= 0.3 is 6.09 Å². The number of anilines is 1. The van der Waals surface area contributed by atoms with E-state index in [0.717, 1.165) is 0 Å². The monoisotopic (exact) mass is 325 g/mol. The highest BCUT2D eigenvalue weighted by Crippen LogP contribution is 2.19. The van der Waals surface area contributed by atoms with E-state index in [1.54, 1.807) is 6.92 Å². The van der Waals surface area contributed by atoms with Crippen LogP contribution in [0.2, 0.25) is 0 Å². The largest absolute Gasteiger partial charge is 0.507 e. The van der Waals surface area contributed by atoms with Crippen molar-refractivity contribution < 1.29 is 24.5 Å². The first-order chi connectivity index (χ1) is 10.9. The molecule has 0 saturated carbocycles. The molecule has 0 aliphatic carbocycles. The predicted molar refractivity (Wildman–Crippen MR) is 85.1 cm³/mol. The Morgan fingerprint density at radius 1 is 1.30 bits per heavy atom. The van der Waals surface area contributed by atoms with Crippen molar-refractivity contribution >= 4 is 17.7 Å². The molecule has 0 aliphatic rings. The number of phenolic OH excluding ortho intramolecular Hbond substituents is 1. The van der Waals surface area contributed by atoms with E-state index in [4.69, 9.17) is 15.6 Å². The normalized spacial score (nSPS) is 11.6. The summed E-state index contributed by atoms with van der Waals surface area (Å²) in [7, 11) is 0. The summed E-state index contributed by atoms with van der Waals surface area (Å²) in [5.41, 5.74) is 6.06. The number of nitrogens with two attached hydrogens (primary N) is 1. The Morgan fingerprint density at radius 3 is 2.70 bits per heavy atom. The Morgan fingerprint density at radius 2 is 2.00 bits per heavy atom. The Bertz CT molecular complexity index is 536. The average molecular weight is 325 g/mol. The number of aliphatic hydroxyl groups is 1. The number of aromatic hydroxyl groups is 1. The van der Waals surface area contributed by atoms with Gasteiger partial charge < -0.3 is 31.3 Å². The maximum atomic E-state index is 11.9. The standard InChI is InChI=1S/C15H23N3O5/c1-10(5-8-19)23-15(22)18-7-2-6-17-14(21)12-9-11(16)3-4-13(12)20/h3-4,9-10,19-20H,2,5-8,16H2,1H3,(H,17,21)(H,18,22). The summed E-state index contributed by atoms with van der Waals surface area (Å²) in [5, 5.41) is 23.5. The number of hydrogen-bond acceptors (Lipinski definition) is 6. The molecule has 23 heavy (non-hydrogen) atoms. The fraction of sp³-hybridized carbons (Fsp3) is 0.467. The van der Waals surface area contributed by atoms with E-state index in [-0.39, 0.29) is 24.0 Å². The highest BCUT2D eigenvalue weighted by Gasteiger charge is 2.11. The number of phenols is 1. The number of aliphatic hydroxyl groups excluding tert-OH is 1. The minimum Gasteiger partial charge on any atom is -0.507 e. The molecule has 1 unspecified atom stereocenters. The van der Waals surface area contributed by atoms with Gasteiger partial charge in [-0.3, -0.25) is 4.79 Å². The molecule has 8 nitrogen and oxygen atoms in total. The minimum atomic E-state index is -0.564. The summed E-state index contributed by atoms with van der Waals surface area (Å²) in [4.78, 5) is 23.2. The molecule has 2 amide bonds. The van der Waals surface area contributed by atoms with E-state index in [2.05, 4.69) is 10.6 Å². The fourth-order valence-electron chi connectivity index (χ4n) is 1.78. The van der Waals surface area contributed by atoms with Crippen LogP contribution in [-0.4, -0.2) is 48.0 Å². The lowest BCUT2D eigenvalue weighted by Gasteiger charge is -2.12. The van der Waals surface area contributed by atoms with Gasteiger partial charge in [-0.1, -0.05) is 0 Å². The van der Waals surface area contributed by atoms with E-state index in [1.807, 2.05) is 0 Å². The summed E-state index contributed by atoms with van der Waals surface area (Å²) in [6.45, 7) is 2.29. The second kappa shape index (κ2) is 9.52. The van der Waals surface area contributed by atoms with Gasteiger partial charge in [0.05, 0.1) is 5.56 Å². The minimum absolute atomic E-state index is 0.0443. The van der Waals surface area contributed by atoms with Crippen LogP contribution in [0.5, 0.6) is 5.75 Å². The third-order valence-electron chi connectivity index (χ3n) is 3.02. The number of nitrogen functional groups attached to an aromatic ring is 1. The van der Waals surface area contributed by atoms with Gasteiger partial charge in [0.2, 0.25) is 0 Å². The second-order valence-electron chi connectivity index (χ2n) is 5.04. The molecule has 0 heterocycles. The van der Waals surface area contributed by atoms with Gasteiger partial charge in [0.15, 0.2) is 0 Å². The van der Waals surface area contributed by atoms with Gasteiger partial charge in [-0.15, -0.1) is 0 Å². The van der Waals surface area contributed by atoms with Gasteiger partial charge in [0.1, 0.15) is 11.9 Å². The van der Waals surface area contributed by atoms with E-state index in [9.17, 15) is 14.7 Å². The van der Waals surface area contributed by atoms with E-state index in [0.29, 0.717) is 31.6 Å². The lowest BCUT2D eigenvalue weighted by molar-refractivity contribution is 0.0903. The van der Waals surface area contributed by atoms with Crippen LogP contribution in [0, 0.1) is 0 Å². The maximum absolute atomic E-state index is 11.9. The summed E-state index contributed by atoms with van der Waals surface area (Å²) in [5.74, 6) is -0.579. The van der Waals surface area contributed by atoms with Crippen molar-refractivity contribution in [1.82, 2.24) is 10.6 Å². The number of carbonyl (C=O) groups excluding carboxylic acids is 2. The molecule has 0 radical (unpaired) electrons. The number of hydrogen-bond donors (Lipinski definition) is 5. The Balaban J connectivity index is 2.23. The van der Waals surface area contributed by atoms with E-state index >= 15 is 0 Å². The van der Waals surface area contributed by atoms with Gasteiger partial charge in [0.25, 0.3) is 5.91 Å². The summed E-state index contributed by atoms with van der Waals surface area (Å²) in [6, 6.07) is 4.25. The number of benzene rings is 1. The van der Waals surface area contributed by atoms with Crippen molar-refractivity contribution in [3.05, 3.63) is 23.8 Å². The first kappa shape index (κ1) is 18.6. The molecular formula is C15H23N3O5. The van der Waals surface area contributed by atoms with Crippen LogP contribution in [0.25, 0.3) is 0 Å². The number of amides is 2. The number of rotatable bonds is 8. The Hall–Kier alpha value is -2.48. The smallest absolute Gasteiger partial charge is 0.407 e. The number of nitrogens with one attached hydrogen (secondary N) is 2. The van der Waals surface area contributed by atoms with Crippen molar-refractivity contribution in [2.45, 2.75) is 25.9 Å². The van der Waals surface area contributed by atoms with Crippen molar-refractivity contribution in [3.63, 3.8) is 0 Å². The zero-order chi connectivity index (χ0) is 17.2. The van der Waals surface area contributed by atoms with Crippen molar-refractivity contribution in [3.8, 4) is 5.75 Å². The van der Waals surface area contributed by atoms with Crippen LogP contribution in [0.3, 0.4) is 0 Å². The number of carbonyl (C=O) groups is 2. The molecule has 0 saturated heterocycles. The second-order valence-corrected chi connectivity index (χ2v) is 5.04. The molecule has 1 aromatic rings. The molecule has 6 N–H and O–H groups in total. The molecule has 1 rings (SSSR count). The summed E-state index contributed by atoms with van der Waals surface area (Å²) in [6.07, 6.45) is -0.0390. The van der Waals surface area contributed by atoms with Crippen LogP contribution in [0.4, 0.5) is 10.5 Å². The van der Waals surface area contributed by atoms with Crippen LogP contribution in [0.1, 0.15) is 30.1 Å². The van der Waals surface area contributed by atoms with Gasteiger partial charge in [-0.25, -0.2) is 4.79 Å². The molecule has 1 aromatic carbocycles. The van der Waals surface area contributed by atoms with Crippen LogP contribution >= 0.6 is 0 Å². The van der Waals surface area contributed by atoms with Crippen molar-refractivity contribution in [1.29, 1.82) is 0 Å². The molecule has 0 fully saturated rings. The van der Waals surface area contributed by atoms with Crippen LogP contribution < -0.4 is 16.4 Å². The SMILES string of the molecule is CC(CCO)OC(=O)NCCCNC(=O)c1cc(N)ccc1O. The zero-order valence-corrected chi connectivity index (χ0v) is 13.0. The van der Waals surface area contributed by atoms with Gasteiger partial charge in [-0.2, -0.15) is 0 Å². The molecule has 0 aliphatic heterocycles. The van der Waals surface area contributed by atoms with Gasteiger partial charge in [-0.05, 0) is 31.5 Å². The zero-order valence-electron chi connectivity index (χ0n) is 13.0. The average Bonchev–Trinajstić information content (AvgIpc) is 2.49. The molecule has 128 valence electrons. The predicted octanol–water partition coefficient (Wildman–Crippen LogP) is 0.591. The van der Waals surface area contributed by atoms with Crippen molar-refractivity contribution in [2.24, 2.45) is 0 Å². The molecule has 8 heteroatoms. The maximum Gasteiger partial charge on any atom is 0.407 e. The molecule has 0 aromatic heterocycles. The first-order valence-electron chi connectivity index (χ1n) is 7.36. The molecule has 1 atom stereocenters.